The Kier molecular flexibility index (Phi) is 7.04. The van der Waals surface area contributed by atoms with Gasteiger partial charge >= 0.3 is 0 Å². The van der Waals surface area contributed by atoms with Crippen LogP contribution in [-0.2, 0) is 14.4 Å². The number of anilines is 1. The van der Waals surface area contributed by atoms with Crippen LogP contribution in [0.5, 0.6) is 0 Å². The molecule has 120 valence electrons. The van der Waals surface area contributed by atoms with Crippen molar-refractivity contribution in [1.82, 2.24) is 10.6 Å². The van der Waals surface area contributed by atoms with E-state index >= 15 is 0 Å². The molecular weight excluding hydrogens is 350 g/mol. The number of hydrogen-bond donors (Lipinski definition) is 3. The number of carbonyl (C=O) groups is 3. The third-order valence-electron chi connectivity index (χ3n) is 2.88. The fourth-order valence-electron chi connectivity index (χ4n) is 1.79. The molecule has 0 aliphatic rings. The Morgan fingerprint density at radius 2 is 1.82 bits per heavy atom. The maximum absolute atomic E-state index is 12.0. The fourth-order valence-corrected chi connectivity index (χ4v) is 2.17. The molecule has 0 saturated carbocycles. The van der Waals surface area contributed by atoms with Crippen LogP contribution in [0.2, 0.25) is 0 Å². The van der Waals surface area contributed by atoms with Gasteiger partial charge in [-0.25, -0.2) is 0 Å². The summed E-state index contributed by atoms with van der Waals surface area (Å²) >= 11 is 3.32. The van der Waals surface area contributed by atoms with E-state index in [0.717, 1.165) is 4.47 Å². The summed E-state index contributed by atoms with van der Waals surface area (Å²) in [6.45, 7) is 4.83. The molecule has 22 heavy (non-hydrogen) atoms. The van der Waals surface area contributed by atoms with Gasteiger partial charge in [-0.3, -0.25) is 14.4 Å². The lowest BCUT2D eigenvalue weighted by Gasteiger charge is -2.20. The van der Waals surface area contributed by atoms with Crippen molar-refractivity contribution in [3.8, 4) is 0 Å². The Balaban J connectivity index is 2.53. The van der Waals surface area contributed by atoms with Crippen molar-refractivity contribution in [3.63, 3.8) is 0 Å². The molecule has 0 aliphatic heterocycles. The highest BCUT2D eigenvalue weighted by molar-refractivity contribution is 9.10. The number of carbonyl (C=O) groups excluding carboxylic acids is 3. The Morgan fingerprint density at radius 1 is 1.18 bits per heavy atom. The Hall–Kier alpha value is -1.89. The zero-order chi connectivity index (χ0) is 16.7. The smallest absolute Gasteiger partial charge is 0.243 e. The lowest BCUT2D eigenvalue weighted by atomic mass is 10.0. The summed E-state index contributed by atoms with van der Waals surface area (Å²) in [6, 6.07) is 6.53. The predicted molar refractivity (Wildman–Crippen MR) is 88.2 cm³/mol. The van der Waals surface area contributed by atoms with Crippen LogP contribution in [0.25, 0.3) is 0 Å². The molecule has 0 heterocycles. The minimum absolute atomic E-state index is 0.0739. The quantitative estimate of drug-likeness (QED) is 0.712. The third kappa shape index (κ3) is 5.85. The van der Waals surface area contributed by atoms with Crippen molar-refractivity contribution in [2.75, 3.05) is 11.9 Å². The van der Waals surface area contributed by atoms with Crippen molar-refractivity contribution >= 4 is 39.3 Å². The lowest BCUT2D eigenvalue weighted by molar-refractivity contribution is -0.130. The number of nitrogens with one attached hydrogen (secondary N) is 3. The van der Waals surface area contributed by atoms with E-state index in [1.165, 1.54) is 6.92 Å². The normalized spacial score (nSPS) is 11.7. The van der Waals surface area contributed by atoms with E-state index in [9.17, 15) is 14.4 Å². The van der Waals surface area contributed by atoms with E-state index in [4.69, 9.17) is 0 Å². The van der Waals surface area contributed by atoms with Crippen LogP contribution in [0.15, 0.2) is 28.7 Å². The predicted octanol–water partition coefficient (Wildman–Crippen LogP) is 1.66. The number of para-hydroxylation sites is 1. The molecule has 1 rings (SSSR count). The van der Waals surface area contributed by atoms with Gasteiger partial charge in [0, 0.05) is 11.4 Å². The molecule has 3 amide bonds. The Bertz CT molecular complexity index is 561. The van der Waals surface area contributed by atoms with Gasteiger partial charge < -0.3 is 16.0 Å². The highest BCUT2D eigenvalue weighted by atomic mass is 79.9. The summed E-state index contributed by atoms with van der Waals surface area (Å²) in [7, 11) is 0. The minimum Gasteiger partial charge on any atom is -0.345 e. The van der Waals surface area contributed by atoms with Crippen molar-refractivity contribution in [3.05, 3.63) is 28.7 Å². The molecule has 1 atom stereocenters. The van der Waals surface area contributed by atoms with Gasteiger partial charge in [-0.05, 0) is 34.0 Å². The van der Waals surface area contributed by atoms with E-state index in [1.54, 1.807) is 18.2 Å². The van der Waals surface area contributed by atoms with E-state index in [0.29, 0.717) is 5.69 Å². The zero-order valence-corrected chi connectivity index (χ0v) is 14.4. The third-order valence-corrected chi connectivity index (χ3v) is 3.57. The summed E-state index contributed by atoms with van der Waals surface area (Å²) < 4.78 is 0.757. The number of rotatable bonds is 6. The standard InChI is InChI=1S/C15H20BrN3O3/c1-9(2)14(18-10(3)20)15(22)17-8-13(21)19-12-7-5-4-6-11(12)16/h4-7,9,14H,8H2,1-3H3,(H,17,22)(H,18,20)(H,19,21)/t14-/m1/s1. The molecule has 6 nitrogen and oxygen atoms in total. The Labute approximate surface area is 138 Å². The molecule has 0 fully saturated rings. The molecule has 3 N–H and O–H groups in total. The summed E-state index contributed by atoms with van der Waals surface area (Å²) in [5.41, 5.74) is 0.629. The summed E-state index contributed by atoms with van der Waals surface area (Å²) in [4.78, 5) is 35.0. The molecule has 0 aromatic heterocycles. The Morgan fingerprint density at radius 3 is 2.36 bits per heavy atom. The molecule has 0 bridgehead atoms. The summed E-state index contributed by atoms with van der Waals surface area (Å²) in [6.07, 6.45) is 0. The second-order valence-corrected chi connectivity index (χ2v) is 6.02. The maximum Gasteiger partial charge on any atom is 0.243 e. The van der Waals surface area contributed by atoms with E-state index in [1.807, 2.05) is 19.9 Å². The van der Waals surface area contributed by atoms with Crippen LogP contribution < -0.4 is 16.0 Å². The molecule has 0 unspecified atom stereocenters. The van der Waals surface area contributed by atoms with Gasteiger partial charge in [0.15, 0.2) is 0 Å². The van der Waals surface area contributed by atoms with Crippen LogP contribution >= 0.6 is 15.9 Å². The SMILES string of the molecule is CC(=O)N[C@@H](C(=O)NCC(=O)Nc1ccccc1Br)C(C)C. The highest BCUT2D eigenvalue weighted by Crippen LogP contribution is 2.20. The topological polar surface area (TPSA) is 87.3 Å². The minimum atomic E-state index is -0.659. The summed E-state index contributed by atoms with van der Waals surface area (Å²) in [5, 5.41) is 7.79. The maximum atomic E-state index is 12.0. The van der Waals surface area contributed by atoms with Gasteiger partial charge in [0.1, 0.15) is 6.04 Å². The lowest BCUT2D eigenvalue weighted by Crippen LogP contribution is -2.50. The molecule has 1 aromatic rings. The van der Waals surface area contributed by atoms with Gasteiger partial charge in [-0.15, -0.1) is 0 Å². The van der Waals surface area contributed by atoms with Crippen LogP contribution in [-0.4, -0.2) is 30.3 Å². The van der Waals surface area contributed by atoms with Crippen molar-refractivity contribution in [2.24, 2.45) is 5.92 Å². The van der Waals surface area contributed by atoms with Crippen LogP contribution in [0, 0.1) is 5.92 Å². The molecule has 0 spiro atoms. The molecule has 1 aromatic carbocycles. The number of halogens is 1. The van der Waals surface area contributed by atoms with Crippen molar-refractivity contribution in [1.29, 1.82) is 0 Å². The molecule has 0 saturated heterocycles. The highest BCUT2D eigenvalue weighted by Gasteiger charge is 2.23. The van der Waals surface area contributed by atoms with E-state index < -0.39 is 6.04 Å². The average molecular weight is 370 g/mol. The first-order valence-electron chi connectivity index (χ1n) is 6.90. The van der Waals surface area contributed by atoms with Crippen LogP contribution in [0.1, 0.15) is 20.8 Å². The second kappa shape index (κ2) is 8.53. The second-order valence-electron chi connectivity index (χ2n) is 5.17. The zero-order valence-electron chi connectivity index (χ0n) is 12.8. The average Bonchev–Trinajstić information content (AvgIpc) is 2.44. The van der Waals surface area contributed by atoms with Gasteiger partial charge in [0.05, 0.1) is 12.2 Å². The molecule has 0 aliphatic carbocycles. The van der Waals surface area contributed by atoms with Crippen LogP contribution in [0.4, 0.5) is 5.69 Å². The number of amides is 3. The number of hydrogen-bond acceptors (Lipinski definition) is 3. The molecular formula is C15H20BrN3O3. The fraction of sp³-hybridized carbons (Fsp3) is 0.400. The molecule has 7 heteroatoms. The van der Waals surface area contributed by atoms with Crippen LogP contribution in [0.3, 0.4) is 0 Å². The first-order chi connectivity index (χ1) is 10.3. The largest absolute Gasteiger partial charge is 0.345 e. The van der Waals surface area contributed by atoms with Crippen molar-refractivity contribution < 1.29 is 14.4 Å². The first kappa shape index (κ1) is 18.2. The van der Waals surface area contributed by atoms with E-state index in [2.05, 4.69) is 31.9 Å². The number of benzene rings is 1. The van der Waals surface area contributed by atoms with Gasteiger partial charge in [-0.2, -0.15) is 0 Å². The van der Waals surface area contributed by atoms with Gasteiger partial charge in [-0.1, -0.05) is 26.0 Å². The molecule has 0 radical (unpaired) electrons. The van der Waals surface area contributed by atoms with E-state index in [-0.39, 0.29) is 30.2 Å². The van der Waals surface area contributed by atoms with Gasteiger partial charge in [0.25, 0.3) is 0 Å². The monoisotopic (exact) mass is 369 g/mol. The van der Waals surface area contributed by atoms with Crippen molar-refractivity contribution in [2.45, 2.75) is 26.8 Å². The van der Waals surface area contributed by atoms with Gasteiger partial charge in [0.2, 0.25) is 17.7 Å². The first-order valence-corrected chi connectivity index (χ1v) is 7.69. The summed E-state index contributed by atoms with van der Waals surface area (Å²) in [5.74, 6) is -1.08.